The third kappa shape index (κ3) is 7.57. The Morgan fingerprint density at radius 3 is 1.72 bits per heavy atom. The van der Waals surface area contributed by atoms with Crippen molar-refractivity contribution in [2.45, 2.75) is 37.5 Å². The minimum Gasteiger partial charge on any atom is -0.481 e. The Balaban J connectivity index is 0.000000207. The number of carbonyl (C=O) groups is 4. The molecule has 1 saturated heterocycles. The Hall–Kier alpha value is -3.48. The summed E-state index contributed by atoms with van der Waals surface area (Å²) in [7, 11) is 0. The molecule has 0 radical (unpaired) electrons. The van der Waals surface area contributed by atoms with Gasteiger partial charge in [-0.1, -0.05) is 60.7 Å². The zero-order chi connectivity index (χ0) is 21.2. The van der Waals surface area contributed by atoms with Crippen LogP contribution < -0.4 is 0 Å². The zero-order valence-electron chi connectivity index (χ0n) is 15.7. The van der Waals surface area contributed by atoms with Gasteiger partial charge in [0, 0.05) is 11.8 Å². The number of benzene rings is 2. The molecule has 7 nitrogen and oxygen atoms in total. The third-order valence-electron chi connectivity index (χ3n) is 4.44. The van der Waals surface area contributed by atoms with Crippen molar-refractivity contribution in [2.24, 2.45) is 0 Å². The fourth-order valence-electron chi connectivity index (χ4n) is 3.10. The highest BCUT2D eigenvalue weighted by molar-refractivity contribution is 5.89. The number of esters is 2. The molecule has 0 bridgehead atoms. The Labute approximate surface area is 167 Å². The highest BCUT2D eigenvalue weighted by Gasteiger charge is 2.27. The van der Waals surface area contributed by atoms with Crippen molar-refractivity contribution in [3.8, 4) is 0 Å². The van der Waals surface area contributed by atoms with Crippen LogP contribution in [-0.4, -0.2) is 34.1 Å². The summed E-state index contributed by atoms with van der Waals surface area (Å²) in [4.78, 5) is 43.2. The molecule has 0 saturated carbocycles. The number of hydrogen-bond acceptors (Lipinski definition) is 5. The summed E-state index contributed by atoms with van der Waals surface area (Å²) in [6.45, 7) is 0. The van der Waals surface area contributed by atoms with E-state index in [1.165, 1.54) is 0 Å². The summed E-state index contributed by atoms with van der Waals surface area (Å²) >= 11 is 0. The lowest BCUT2D eigenvalue weighted by molar-refractivity contribution is -0.164. The molecule has 2 N–H and O–H groups in total. The van der Waals surface area contributed by atoms with E-state index in [9.17, 15) is 19.2 Å². The Kier molecular flexibility index (Phi) is 8.09. The molecule has 0 amide bonds. The molecule has 29 heavy (non-hydrogen) atoms. The van der Waals surface area contributed by atoms with Gasteiger partial charge < -0.3 is 14.9 Å². The van der Waals surface area contributed by atoms with Gasteiger partial charge in [-0.3, -0.25) is 19.2 Å². The average molecular weight is 398 g/mol. The molecule has 1 aliphatic heterocycles. The summed E-state index contributed by atoms with van der Waals surface area (Å²) in [5.74, 6) is -3.27. The molecule has 0 unspecified atom stereocenters. The van der Waals surface area contributed by atoms with Crippen LogP contribution in [0.4, 0.5) is 0 Å². The van der Waals surface area contributed by atoms with Crippen LogP contribution in [0.25, 0.3) is 0 Å². The van der Waals surface area contributed by atoms with Crippen molar-refractivity contribution in [1.82, 2.24) is 0 Å². The van der Waals surface area contributed by atoms with E-state index in [0.717, 1.165) is 11.1 Å². The highest BCUT2D eigenvalue weighted by Crippen LogP contribution is 2.27. The summed E-state index contributed by atoms with van der Waals surface area (Å²) in [6.07, 6.45) is 0.290. The van der Waals surface area contributed by atoms with Crippen molar-refractivity contribution >= 4 is 23.9 Å². The van der Waals surface area contributed by atoms with Gasteiger partial charge in [-0.25, -0.2) is 0 Å². The molecule has 1 aliphatic rings. The standard InChI is InChI=1S/C11H12O4.C11H10O3/c12-10(13)6-9(7-11(14)15)8-4-2-1-3-5-8;12-10-6-9(7-11(13)14-10)8-4-2-1-3-5-8/h1-5,9H,6-7H2,(H,12,13)(H,14,15);1-5,9H,6-7H2. The lowest BCUT2D eigenvalue weighted by atomic mass is 9.91. The van der Waals surface area contributed by atoms with E-state index >= 15 is 0 Å². The van der Waals surface area contributed by atoms with E-state index in [-0.39, 0.29) is 18.8 Å². The highest BCUT2D eigenvalue weighted by atomic mass is 16.6. The number of carbonyl (C=O) groups excluding carboxylic acids is 2. The molecular weight excluding hydrogens is 376 g/mol. The fourth-order valence-corrected chi connectivity index (χ4v) is 3.10. The normalized spacial score (nSPS) is 14.0. The molecule has 0 atom stereocenters. The van der Waals surface area contributed by atoms with Gasteiger partial charge in [-0.05, 0) is 11.1 Å². The molecule has 1 heterocycles. The van der Waals surface area contributed by atoms with Crippen LogP contribution in [0.5, 0.6) is 0 Å². The Morgan fingerprint density at radius 1 is 0.828 bits per heavy atom. The number of hydrogen-bond donors (Lipinski definition) is 2. The van der Waals surface area contributed by atoms with E-state index in [2.05, 4.69) is 4.74 Å². The number of ether oxygens (including phenoxy) is 1. The molecule has 2 aromatic carbocycles. The fraction of sp³-hybridized carbons (Fsp3) is 0.273. The molecule has 2 aromatic rings. The maximum atomic E-state index is 11.0. The van der Waals surface area contributed by atoms with E-state index in [4.69, 9.17) is 10.2 Å². The Morgan fingerprint density at radius 2 is 1.28 bits per heavy atom. The minimum atomic E-state index is -0.981. The number of aliphatic carboxylic acids is 2. The van der Waals surface area contributed by atoms with Crippen LogP contribution in [0.3, 0.4) is 0 Å². The molecule has 7 heteroatoms. The first-order valence-electron chi connectivity index (χ1n) is 9.12. The van der Waals surface area contributed by atoms with Crippen molar-refractivity contribution in [3.05, 3.63) is 71.8 Å². The van der Waals surface area contributed by atoms with Crippen LogP contribution in [0.1, 0.15) is 48.6 Å². The Bertz CT molecular complexity index is 814. The quantitative estimate of drug-likeness (QED) is 0.566. The van der Waals surface area contributed by atoms with Crippen LogP contribution in [0.2, 0.25) is 0 Å². The van der Waals surface area contributed by atoms with Gasteiger partial charge in [-0.2, -0.15) is 0 Å². The van der Waals surface area contributed by atoms with E-state index in [0.29, 0.717) is 12.8 Å². The first-order chi connectivity index (χ1) is 13.8. The molecule has 0 spiro atoms. The number of carboxylic acid groups (broad SMARTS) is 2. The smallest absolute Gasteiger partial charge is 0.314 e. The molecule has 3 rings (SSSR count). The predicted octanol–water partition coefficient (Wildman–Crippen LogP) is 3.35. The maximum Gasteiger partial charge on any atom is 0.314 e. The largest absolute Gasteiger partial charge is 0.481 e. The number of cyclic esters (lactones) is 2. The molecular formula is C22H22O7. The lowest BCUT2D eigenvalue weighted by Crippen LogP contribution is -2.24. The number of rotatable bonds is 6. The summed E-state index contributed by atoms with van der Waals surface area (Å²) in [5.41, 5.74) is 1.78. The van der Waals surface area contributed by atoms with E-state index in [1.807, 2.05) is 36.4 Å². The summed E-state index contributed by atoms with van der Waals surface area (Å²) in [6, 6.07) is 18.4. The first kappa shape index (κ1) is 21.8. The van der Waals surface area contributed by atoms with Gasteiger partial charge in [0.05, 0.1) is 25.7 Å². The average Bonchev–Trinajstić information content (AvgIpc) is 2.68. The van der Waals surface area contributed by atoms with Crippen molar-refractivity contribution in [2.75, 3.05) is 0 Å². The van der Waals surface area contributed by atoms with Gasteiger partial charge in [0.1, 0.15) is 0 Å². The first-order valence-corrected chi connectivity index (χ1v) is 9.12. The van der Waals surface area contributed by atoms with Crippen LogP contribution in [0.15, 0.2) is 60.7 Å². The van der Waals surface area contributed by atoms with Crippen LogP contribution in [-0.2, 0) is 23.9 Å². The molecule has 1 fully saturated rings. The second-order valence-corrected chi connectivity index (χ2v) is 6.67. The molecule has 152 valence electrons. The van der Waals surface area contributed by atoms with Gasteiger partial charge >= 0.3 is 23.9 Å². The monoisotopic (exact) mass is 398 g/mol. The van der Waals surface area contributed by atoms with E-state index < -0.39 is 29.8 Å². The van der Waals surface area contributed by atoms with Crippen molar-refractivity contribution in [1.29, 1.82) is 0 Å². The van der Waals surface area contributed by atoms with Crippen molar-refractivity contribution in [3.63, 3.8) is 0 Å². The van der Waals surface area contributed by atoms with Gasteiger partial charge in [-0.15, -0.1) is 0 Å². The summed E-state index contributed by atoms with van der Waals surface area (Å²) in [5, 5.41) is 17.3. The van der Waals surface area contributed by atoms with Gasteiger partial charge in [0.25, 0.3) is 0 Å². The second-order valence-electron chi connectivity index (χ2n) is 6.67. The zero-order valence-corrected chi connectivity index (χ0v) is 15.7. The van der Waals surface area contributed by atoms with E-state index in [1.54, 1.807) is 24.3 Å². The molecule has 0 aromatic heterocycles. The lowest BCUT2D eigenvalue weighted by Gasteiger charge is -2.19. The van der Waals surface area contributed by atoms with Crippen LogP contribution >= 0.6 is 0 Å². The van der Waals surface area contributed by atoms with Gasteiger partial charge in [0.15, 0.2) is 0 Å². The van der Waals surface area contributed by atoms with Gasteiger partial charge in [0.2, 0.25) is 0 Å². The summed E-state index contributed by atoms with van der Waals surface area (Å²) < 4.78 is 4.46. The third-order valence-corrected chi connectivity index (χ3v) is 4.44. The van der Waals surface area contributed by atoms with Crippen LogP contribution in [0, 0.1) is 0 Å². The topological polar surface area (TPSA) is 118 Å². The minimum absolute atomic E-state index is 0.00931. The predicted molar refractivity (Wildman–Crippen MR) is 103 cm³/mol. The van der Waals surface area contributed by atoms with Crippen molar-refractivity contribution < 1.29 is 34.1 Å². The molecule has 0 aliphatic carbocycles. The maximum absolute atomic E-state index is 11.0. The SMILES string of the molecule is O=C(O)CC(CC(=O)O)c1ccccc1.O=C1CC(c2ccccc2)CC(=O)O1. The second kappa shape index (κ2) is 10.8. The number of carboxylic acids is 2.